The lowest BCUT2D eigenvalue weighted by atomic mass is 9.97. The molecule has 110 valence electrons. The van der Waals surface area contributed by atoms with E-state index in [1.54, 1.807) is 12.1 Å². The summed E-state index contributed by atoms with van der Waals surface area (Å²) in [7, 11) is 0. The lowest BCUT2D eigenvalue weighted by Crippen LogP contribution is -2.38. The zero-order valence-corrected chi connectivity index (χ0v) is 12.6. The quantitative estimate of drug-likeness (QED) is 0.597. The van der Waals surface area contributed by atoms with Gasteiger partial charge in [0.2, 0.25) is 0 Å². The zero-order chi connectivity index (χ0) is 14.5. The number of nitrogens with zero attached hydrogens (tertiary/aromatic N) is 2. The van der Waals surface area contributed by atoms with E-state index in [9.17, 15) is 10.1 Å². The lowest BCUT2D eigenvalue weighted by Gasteiger charge is -2.35. The number of piperidine rings is 1. The van der Waals surface area contributed by atoms with E-state index in [4.69, 9.17) is 11.6 Å². The van der Waals surface area contributed by atoms with Crippen LogP contribution in [0.4, 0.5) is 5.69 Å². The molecule has 0 spiro atoms. The molecule has 0 amide bonds. The number of rotatable bonds is 5. The van der Waals surface area contributed by atoms with Crippen LogP contribution < -0.4 is 0 Å². The molecular weight excluding hydrogens is 276 g/mol. The molecule has 1 aromatic rings. The fraction of sp³-hybridized carbons (Fsp3) is 0.600. The first-order valence-corrected chi connectivity index (χ1v) is 7.66. The molecule has 1 heterocycles. The van der Waals surface area contributed by atoms with Gasteiger partial charge in [0.05, 0.1) is 4.92 Å². The minimum Gasteiger partial charge on any atom is -0.296 e. The summed E-state index contributed by atoms with van der Waals surface area (Å²) < 4.78 is 0. The molecule has 20 heavy (non-hydrogen) atoms. The molecule has 1 aliphatic heterocycles. The van der Waals surface area contributed by atoms with Crippen LogP contribution in [0.25, 0.3) is 0 Å². The van der Waals surface area contributed by atoms with Gasteiger partial charge in [-0.25, -0.2) is 0 Å². The van der Waals surface area contributed by atoms with Crippen molar-refractivity contribution in [1.82, 2.24) is 4.90 Å². The summed E-state index contributed by atoms with van der Waals surface area (Å²) in [5, 5.41) is 11.2. The van der Waals surface area contributed by atoms with Crippen LogP contribution in [0.2, 0.25) is 5.02 Å². The van der Waals surface area contributed by atoms with Gasteiger partial charge in [-0.05, 0) is 37.4 Å². The van der Waals surface area contributed by atoms with E-state index in [-0.39, 0.29) is 10.7 Å². The smallest absolute Gasteiger partial charge is 0.288 e. The highest BCUT2D eigenvalue weighted by Gasteiger charge is 2.22. The highest BCUT2D eigenvalue weighted by atomic mass is 35.5. The average molecular weight is 297 g/mol. The van der Waals surface area contributed by atoms with Crippen LogP contribution in [0.1, 0.15) is 44.6 Å². The Morgan fingerprint density at radius 2 is 2.25 bits per heavy atom. The van der Waals surface area contributed by atoms with Crippen LogP contribution >= 0.6 is 11.6 Å². The number of hydrogen-bond acceptors (Lipinski definition) is 3. The monoisotopic (exact) mass is 296 g/mol. The van der Waals surface area contributed by atoms with E-state index in [1.165, 1.54) is 32.1 Å². The second-order valence-corrected chi connectivity index (χ2v) is 5.86. The molecule has 1 aliphatic rings. The zero-order valence-electron chi connectivity index (χ0n) is 11.8. The second kappa shape index (κ2) is 7.04. The Kier molecular flexibility index (Phi) is 5.38. The number of likely N-dealkylation sites (tertiary alicyclic amines) is 1. The summed E-state index contributed by atoms with van der Waals surface area (Å²) in [6.45, 7) is 4.07. The van der Waals surface area contributed by atoms with Crippen molar-refractivity contribution in [2.45, 2.75) is 51.6 Å². The fourth-order valence-corrected chi connectivity index (χ4v) is 3.15. The first-order chi connectivity index (χ1) is 9.61. The predicted octanol–water partition coefficient (Wildman–Crippen LogP) is 4.40. The van der Waals surface area contributed by atoms with E-state index in [1.807, 2.05) is 6.07 Å². The van der Waals surface area contributed by atoms with Crippen LogP contribution in [0.15, 0.2) is 18.2 Å². The van der Waals surface area contributed by atoms with Crippen LogP contribution in [0.5, 0.6) is 0 Å². The molecule has 1 atom stereocenters. The van der Waals surface area contributed by atoms with E-state index < -0.39 is 4.92 Å². The molecular formula is C15H21ClN2O2. The van der Waals surface area contributed by atoms with Gasteiger partial charge >= 0.3 is 0 Å². The molecule has 1 saturated heterocycles. The summed E-state index contributed by atoms with van der Waals surface area (Å²) >= 11 is 5.86. The molecule has 0 aliphatic carbocycles. The SMILES string of the molecule is CCCC1CCCCN1Cc1ccc(Cl)c([N+](=O)[O-])c1. The third kappa shape index (κ3) is 3.70. The molecule has 2 rings (SSSR count). The first-order valence-electron chi connectivity index (χ1n) is 7.28. The van der Waals surface area contributed by atoms with Gasteiger partial charge in [-0.1, -0.05) is 37.4 Å². The number of hydrogen-bond donors (Lipinski definition) is 0. The average Bonchev–Trinajstić information content (AvgIpc) is 2.43. The summed E-state index contributed by atoms with van der Waals surface area (Å²) in [5.74, 6) is 0. The summed E-state index contributed by atoms with van der Waals surface area (Å²) in [6, 6.07) is 5.75. The molecule has 1 unspecified atom stereocenters. The normalized spacial score (nSPS) is 20.0. The number of nitro benzene ring substituents is 1. The summed E-state index contributed by atoms with van der Waals surface area (Å²) in [4.78, 5) is 13.0. The summed E-state index contributed by atoms with van der Waals surface area (Å²) in [5.41, 5.74) is 0.984. The third-order valence-corrected chi connectivity index (χ3v) is 4.28. The Balaban J connectivity index is 2.11. The van der Waals surface area contributed by atoms with Gasteiger partial charge in [0.25, 0.3) is 5.69 Å². The molecule has 0 N–H and O–H groups in total. The Hall–Kier alpha value is -1.13. The van der Waals surface area contributed by atoms with Crippen LogP contribution in [0, 0.1) is 10.1 Å². The Morgan fingerprint density at radius 1 is 1.45 bits per heavy atom. The Bertz CT molecular complexity index is 477. The number of halogens is 1. The maximum atomic E-state index is 10.9. The molecule has 4 nitrogen and oxygen atoms in total. The van der Waals surface area contributed by atoms with E-state index in [0.29, 0.717) is 6.04 Å². The van der Waals surface area contributed by atoms with Crippen molar-refractivity contribution in [3.05, 3.63) is 38.9 Å². The van der Waals surface area contributed by atoms with E-state index in [2.05, 4.69) is 11.8 Å². The molecule has 0 radical (unpaired) electrons. The minimum absolute atomic E-state index is 0.00761. The number of nitro groups is 1. The number of benzene rings is 1. The molecule has 0 bridgehead atoms. The molecule has 0 aromatic heterocycles. The highest BCUT2D eigenvalue weighted by Crippen LogP contribution is 2.28. The van der Waals surface area contributed by atoms with Crippen molar-refractivity contribution in [3.63, 3.8) is 0 Å². The van der Waals surface area contributed by atoms with Gasteiger partial charge in [0, 0.05) is 18.7 Å². The van der Waals surface area contributed by atoms with Crippen LogP contribution in [-0.4, -0.2) is 22.4 Å². The molecule has 5 heteroatoms. The Labute approximate surface area is 124 Å². The van der Waals surface area contributed by atoms with Gasteiger partial charge in [-0.3, -0.25) is 15.0 Å². The van der Waals surface area contributed by atoms with Crippen molar-refractivity contribution in [2.24, 2.45) is 0 Å². The van der Waals surface area contributed by atoms with E-state index in [0.717, 1.165) is 18.7 Å². The van der Waals surface area contributed by atoms with Gasteiger partial charge in [-0.15, -0.1) is 0 Å². The standard InChI is InChI=1S/C15H21ClN2O2/c1-2-5-13-6-3-4-9-17(13)11-12-7-8-14(16)15(10-12)18(19)20/h7-8,10,13H,2-6,9,11H2,1H3. The van der Waals surface area contributed by atoms with E-state index >= 15 is 0 Å². The predicted molar refractivity (Wildman–Crippen MR) is 81.1 cm³/mol. The van der Waals surface area contributed by atoms with Crippen LogP contribution in [-0.2, 0) is 6.54 Å². The van der Waals surface area contributed by atoms with Crippen LogP contribution in [0.3, 0.4) is 0 Å². The largest absolute Gasteiger partial charge is 0.296 e. The fourth-order valence-electron chi connectivity index (χ4n) is 2.96. The lowest BCUT2D eigenvalue weighted by molar-refractivity contribution is -0.384. The summed E-state index contributed by atoms with van der Waals surface area (Å²) in [6.07, 6.45) is 6.14. The van der Waals surface area contributed by atoms with Crippen molar-refractivity contribution < 1.29 is 4.92 Å². The third-order valence-electron chi connectivity index (χ3n) is 3.96. The first kappa shape index (κ1) is 15.3. The second-order valence-electron chi connectivity index (χ2n) is 5.45. The van der Waals surface area contributed by atoms with Gasteiger partial charge < -0.3 is 0 Å². The topological polar surface area (TPSA) is 46.4 Å². The maximum absolute atomic E-state index is 10.9. The molecule has 1 fully saturated rings. The molecule has 0 saturated carbocycles. The van der Waals surface area contributed by atoms with Crippen molar-refractivity contribution in [3.8, 4) is 0 Å². The minimum atomic E-state index is -0.411. The van der Waals surface area contributed by atoms with Gasteiger partial charge in [0.1, 0.15) is 5.02 Å². The molecule has 1 aromatic carbocycles. The highest BCUT2D eigenvalue weighted by molar-refractivity contribution is 6.32. The van der Waals surface area contributed by atoms with Gasteiger partial charge in [0.15, 0.2) is 0 Å². The maximum Gasteiger partial charge on any atom is 0.288 e. The van der Waals surface area contributed by atoms with Crippen molar-refractivity contribution >= 4 is 17.3 Å². The van der Waals surface area contributed by atoms with Crippen molar-refractivity contribution in [2.75, 3.05) is 6.54 Å². The van der Waals surface area contributed by atoms with Gasteiger partial charge in [-0.2, -0.15) is 0 Å². The van der Waals surface area contributed by atoms with Crippen molar-refractivity contribution in [1.29, 1.82) is 0 Å². The Morgan fingerprint density at radius 3 is 2.95 bits per heavy atom.